The maximum atomic E-state index is 12.2. The number of ketones is 1. The van der Waals surface area contributed by atoms with Crippen LogP contribution in [0.5, 0.6) is 5.75 Å². The zero-order valence-electron chi connectivity index (χ0n) is 12.5. The lowest BCUT2D eigenvalue weighted by Crippen LogP contribution is -2.27. The SMILES string of the molecule is O=C(COc1cccc(Cl)c1)c1c[nH]c(C(=O)N2CCCC2)c1. The van der Waals surface area contributed by atoms with Gasteiger partial charge in [-0.05, 0) is 37.1 Å². The van der Waals surface area contributed by atoms with Gasteiger partial charge in [-0.2, -0.15) is 0 Å². The molecule has 0 radical (unpaired) electrons. The minimum absolute atomic E-state index is 0.0580. The molecule has 1 aromatic carbocycles. The molecule has 0 atom stereocenters. The van der Waals surface area contributed by atoms with Gasteiger partial charge in [-0.25, -0.2) is 0 Å². The van der Waals surface area contributed by atoms with Crippen LogP contribution < -0.4 is 4.74 Å². The molecule has 0 unspecified atom stereocenters. The summed E-state index contributed by atoms with van der Waals surface area (Å²) in [5, 5.41) is 0.551. The van der Waals surface area contributed by atoms with Gasteiger partial charge < -0.3 is 14.6 Å². The second-order valence-corrected chi connectivity index (χ2v) is 5.91. The lowest BCUT2D eigenvalue weighted by atomic mass is 10.2. The van der Waals surface area contributed by atoms with Gasteiger partial charge in [0.25, 0.3) is 5.91 Å². The lowest BCUT2D eigenvalue weighted by Gasteiger charge is -2.13. The summed E-state index contributed by atoms with van der Waals surface area (Å²) in [6, 6.07) is 8.46. The predicted molar refractivity (Wildman–Crippen MR) is 87.2 cm³/mol. The molecule has 0 bridgehead atoms. The van der Waals surface area contributed by atoms with Gasteiger partial charge in [0.15, 0.2) is 6.61 Å². The molecule has 1 amide bonds. The van der Waals surface area contributed by atoms with Gasteiger partial charge in [0.05, 0.1) is 0 Å². The van der Waals surface area contributed by atoms with Crippen LogP contribution in [0, 0.1) is 0 Å². The minimum Gasteiger partial charge on any atom is -0.485 e. The summed E-state index contributed by atoms with van der Waals surface area (Å²) in [5.74, 6) is 0.286. The van der Waals surface area contributed by atoms with Crippen LogP contribution in [-0.4, -0.2) is 41.3 Å². The van der Waals surface area contributed by atoms with Crippen LogP contribution in [-0.2, 0) is 0 Å². The molecular formula is C17H17ClN2O3. The lowest BCUT2D eigenvalue weighted by molar-refractivity contribution is 0.0787. The standard InChI is InChI=1S/C17H17ClN2O3/c18-13-4-3-5-14(9-13)23-11-16(21)12-8-15(19-10-12)17(22)20-6-1-2-7-20/h3-5,8-10,19H,1-2,6-7,11H2. The van der Waals surface area contributed by atoms with Crippen molar-refractivity contribution in [1.29, 1.82) is 0 Å². The predicted octanol–water partition coefficient (Wildman–Crippen LogP) is 3.17. The first kappa shape index (κ1) is 15.6. The van der Waals surface area contributed by atoms with Gasteiger partial charge in [-0.3, -0.25) is 9.59 Å². The molecule has 2 aromatic rings. The molecule has 1 fully saturated rings. The van der Waals surface area contributed by atoms with Crippen LogP contribution in [0.2, 0.25) is 5.02 Å². The maximum Gasteiger partial charge on any atom is 0.270 e. The van der Waals surface area contributed by atoms with Crippen molar-refractivity contribution in [2.24, 2.45) is 0 Å². The molecular weight excluding hydrogens is 316 g/mol. The Morgan fingerprint density at radius 1 is 1.22 bits per heavy atom. The summed E-state index contributed by atoms with van der Waals surface area (Å²) in [6.45, 7) is 1.45. The number of aromatic nitrogens is 1. The number of benzene rings is 1. The quantitative estimate of drug-likeness (QED) is 0.855. The summed E-state index contributed by atoms with van der Waals surface area (Å²) >= 11 is 5.87. The second-order valence-electron chi connectivity index (χ2n) is 5.47. The number of hydrogen-bond acceptors (Lipinski definition) is 3. The Hall–Kier alpha value is -2.27. The van der Waals surface area contributed by atoms with Gasteiger partial charge in [-0.15, -0.1) is 0 Å². The number of rotatable bonds is 5. The number of Topliss-reactive ketones (excluding diaryl/α,β-unsaturated/α-hetero) is 1. The first-order valence-electron chi connectivity index (χ1n) is 7.53. The van der Waals surface area contributed by atoms with E-state index in [0.717, 1.165) is 25.9 Å². The van der Waals surface area contributed by atoms with E-state index in [1.54, 1.807) is 41.4 Å². The fourth-order valence-corrected chi connectivity index (χ4v) is 2.74. The molecule has 0 spiro atoms. The van der Waals surface area contributed by atoms with Gasteiger partial charge in [-0.1, -0.05) is 17.7 Å². The van der Waals surface area contributed by atoms with Crippen LogP contribution >= 0.6 is 11.6 Å². The van der Waals surface area contributed by atoms with Crippen LogP contribution in [0.4, 0.5) is 0 Å². The third kappa shape index (κ3) is 3.74. The number of amides is 1. The van der Waals surface area contributed by atoms with Crippen molar-refractivity contribution in [2.75, 3.05) is 19.7 Å². The van der Waals surface area contributed by atoms with Crippen molar-refractivity contribution in [3.63, 3.8) is 0 Å². The van der Waals surface area contributed by atoms with E-state index in [0.29, 0.717) is 22.0 Å². The number of carbonyl (C=O) groups excluding carboxylic acids is 2. The van der Waals surface area contributed by atoms with E-state index < -0.39 is 0 Å². The van der Waals surface area contributed by atoms with E-state index >= 15 is 0 Å². The van der Waals surface area contributed by atoms with E-state index in [9.17, 15) is 9.59 Å². The first-order valence-corrected chi connectivity index (χ1v) is 7.90. The summed E-state index contributed by atoms with van der Waals surface area (Å²) in [4.78, 5) is 29.1. The Labute approximate surface area is 139 Å². The van der Waals surface area contributed by atoms with Crippen molar-refractivity contribution in [2.45, 2.75) is 12.8 Å². The number of likely N-dealkylation sites (tertiary alicyclic amines) is 1. The Morgan fingerprint density at radius 2 is 2.00 bits per heavy atom. The van der Waals surface area contributed by atoms with Gasteiger partial charge in [0, 0.05) is 29.9 Å². The molecule has 3 rings (SSSR count). The Kier molecular flexibility index (Phi) is 4.67. The van der Waals surface area contributed by atoms with Crippen LogP contribution in [0.3, 0.4) is 0 Å². The highest BCUT2D eigenvalue weighted by Gasteiger charge is 2.21. The Bertz CT molecular complexity index is 720. The zero-order chi connectivity index (χ0) is 16.2. The smallest absolute Gasteiger partial charge is 0.270 e. The van der Waals surface area contributed by atoms with Crippen molar-refractivity contribution in [3.8, 4) is 5.75 Å². The monoisotopic (exact) mass is 332 g/mol. The summed E-state index contributed by atoms with van der Waals surface area (Å²) in [6.07, 6.45) is 3.62. The number of carbonyl (C=O) groups is 2. The number of aromatic amines is 1. The molecule has 23 heavy (non-hydrogen) atoms. The van der Waals surface area contributed by atoms with E-state index in [-0.39, 0.29) is 18.3 Å². The van der Waals surface area contributed by atoms with Crippen LogP contribution in [0.15, 0.2) is 36.5 Å². The van der Waals surface area contributed by atoms with Crippen LogP contribution in [0.25, 0.3) is 0 Å². The third-order valence-electron chi connectivity index (χ3n) is 3.79. The number of nitrogens with one attached hydrogen (secondary N) is 1. The molecule has 2 heterocycles. The summed E-state index contributed by atoms with van der Waals surface area (Å²) in [5.41, 5.74) is 0.882. The molecule has 6 heteroatoms. The highest BCUT2D eigenvalue weighted by atomic mass is 35.5. The number of hydrogen-bond donors (Lipinski definition) is 1. The van der Waals surface area contributed by atoms with Gasteiger partial charge in [0.1, 0.15) is 11.4 Å². The van der Waals surface area contributed by atoms with E-state index in [1.165, 1.54) is 0 Å². The molecule has 1 saturated heterocycles. The molecule has 120 valence electrons. The van der Waals surface area contributed by atoms with Gasteiger partial charge in [0.2, 0.25) is 5.78 Å². The van der Waals surface area contributed by atoms with Gasteiger partial charge >= 0.3 is 0 Å². The topological polar surface area (TPSA) is 62.4 Å². The fourth-order valence-electron chi connectivity index (χ4n) is 2.56. The van der Waals surface area contributed by atoms with E-state index in [1.807, 2.05) is 0 Å². The third-order valence-corrected chi connectivity index (χ3v) is 4.03. The molecule has 1 aromatic heterocycles. The summed E-state index contributed by atoms with van der Waals surface area (Å²) in [7, 11) is 0. The molecule has 1 aliphatic rings. The largest absolute Gasteiger partial charge is 0.485 e. The average Bonchev–Trinajstić information content (AvgIpc) is 3.23. The van der Waals surface area contributed by atoms with Crippen molar-refractivity contribution >= 4 is 23.3 Å². The highest BCUT2D eigenvalue weighted by Crippen LogP contribution is 2.18. The first-order chi connectivity index (χ1) is 11.1. The number of ether oxygens (including phenoxy) is 1. The Morgan fingerprint density at radius 3 is 2.74 bits per heavy atom. The summed E-state index contributed by atoms with van der Waals surface area (Å²) < 4.78 is 5.43. The molecule has 1 N–H and O–H groups in total. The second kappa shape index (κ2) is 6.87. The molecule has 0 saturated carbocycles. The number of H-pyrrole nitrogens is 1. The average molecular weight is 333 g/mol. The zero-order valence-corrected chi connectivity index (χ0v) is 13.3. The maximum absolute atomic E-state index is 12.2. The fraction of sp³-hybridized carbons (Fsp3) is 0.294. The minimum atomic E-state index is -0.193. The molecule has 5 nitrogen and oxygen atoms in total. The van der Waals surface area contributed by atoms with Crippen molar-refractivity contribution in [3.05, 3.63) is 52.8 Å². The van der Waals surface area contributed by atoms with E-state index in [2.05, 4.69) is 4.98 Å². The van der Waals surface area contributed by atoms with Crippen molar-refractivity contribution < 1.29 is 14.3 Å². The molecule has 1 aliphatic heterocycles. The van der Waals surface area contributed by atoms with E-state index in [4.69, 9.17) is 16.3 Å². The number of nitrogens with zero attached hydrogens (tertiary/aromatic N) is 1. The normalized spacial score (nSPS) is 14.0. The Balaban J connectivity index is 1.60. The van der Waals surface area contributed by atoms with Crippen LogP contribution in [0.1, 0.15) is 33.7 Å². The molecule has 0 aliphatic carbocycles. The number of halogens is 1. The highest BCUT2D eigenvalue weighted by molar-refractivity contribution is 6.30. The van der Waals surface area contributed by atoms with Crippen molar-refractivity contribution in [1.82, 2.24) is 9.88 Å².